The molecule has 1 unspecified atom stereocenters. The number of alkyl halides is 3. The van der Waals surface area contributed by atoms with Gasteiger partial charge in [-0.25, -0.2) is 0 Å². The predicted molar refractivity (Wildman–Crippen MR) is 112 cm³/mol. The Bertz CT molecular complexity index is 962. The lowest BCUT2D eigenvalue weighted by Gasteiger charge is -2.24. The van der Waals surface area contributed by atoms with Crippen LogP contribution in [0.4, 0.5) is 18.9 Å². The van der Waals surface area contributed by atoms with Crippen LogP contribution in [0.15, 0.2) is 36.4 Å². The summed E-state index contributed by atoms with van der Waals surface area (Å²) in [5, 5.41) is 5.73. The molecule has 172 valence electrons. The van der Waals surface area contributed by atoms with Gasteiger partial charge in [0.25, 0.3) is 0 Å². The van der Waals surface area contributed by atoms with Crippen LogP contribution < -0.4 is 20.1 Å². The highest BCUT2D eigenvalue weighted by molar-refractivity contribution is 5.97. The summed E-state index contributed by atoms with van der Waals surface area (Å²) in [6, 6.07) is 7.14. The minimum Gasteiger partial charge on any atom is -0.491 e. The number of anilines is 1. The van der Waals surface area contributed by atoms with Crippen molar-refractivity contribution < 1.29 is 32.2 Å². The summed E-state index contributed by atoms with van der Waals surface area (Å²) in [5.74, 6) is 0.831. The van der Waals surface area contributed by atoms with E-state index in [2.05, 4.69) is 10.6 Å². The Labute approximate surface area is 183 Å². The second-order valence-electron chi connectivity index (χ2n) is 7.48. The van der Waals surface area contributed by atoms with Gasteiger partial charge < -0.3 is 24.9 Å². The molecule has 1 amide bonds. The summed E-state index contributed by atoms with van der Waals surface area (Å²) in [5.41, 5.74) is 0.470. The number of ether oxygens (including phenoxy) is 2. The minimum absolute atomic E-state index is 0.132. The number of hydrogen-bond donors (Lipinski definition) is 2. The number of rotatable bonds is 9. The van der Waals surface area contributed by atoms with Crippen molar-refractivity contribution in [2.45, 2.75) is 18.6 Å². The van der Waals surface area contributed by atoms with Gasteiger partial charge in [0.15, 0.2) is 0 Å². The number of aldehydes is 1. The van der Waals surface area contributed by atoms with Gasteiger partial charge in [-0.05, 0) is 44.4 Å². The number of benzene rings is 2. The summed E-state index contributed by atoms with van der Waals surface area (Å²) >= 11 is 0. The quantitative estimate of drug-likeness (QED) is 0.451. The van der Waals surface area contributed by atoms with Crippen molar-refractivity contribution in [2.24, 2.45) is 0 Å². The van der Waals surface area contributed by atoms with Crippen molar-refractivity contribution in [3.05, 3.63) is 47.5 Å². The van der Waals surface area contributed by atoms with E-state index in [1.807, 2.05) is 0 Å². The molecular weight excluding hydrogens is 427 g/mol. The summed E-state index contributed by atoms with van der Waals surface area (Å²) in [4.78, 5) is 25.1. The van der Waals surface area contributed by atoms with E-state index in [9.17, 15) is 22.8 Å². The highest BCUT2D eigenvalue weighted by Gasteiger charge is 2.30. The molecule has 0 radical (unpaired) electrons. The van der Waals surface area contributed by atoms with Crippen molar-refractivity contribution in [3.8, 4) is 17.2 Å². The van der Waals surface area contributed by atoms with Crippen molar-refractivity contribution in [2.75, 3.05) is 39.1 Å². The molecule has 0 saturated heterocycles. The lowest BCUT2D eigenvalue weighted by Crippen LogP contribution is -2.46. The summed E-state index contributed by atoms with van der Waals surface area (Å²) in [6.07, 6.45) is -3.10. The van der Waals surface area contributed by atoms with Crippen molar-refractivity contribution >= 4 is 17.9 Å². The molecule has 1 atom stereocenters. The third-order valence-electron chi connectivity index (χ3n) is 4.92. The Morgan fingerprint density at radius 1 is 1.22 bits per heavy atom. The van der Waals surface area contributed by atoms with E-state index >= 15 is 0 Å². The first-order valence-corrected chi connectivity index (χ1v) is 9.95. The fourth-order valence-corrected chi connectivity index (χ4v) is 3.28. The van der Waals surface area contributed by atoms with E-state index < -0.39 is 17.8 Å². The maximum absolute atomic E-state index is 12.9. The van der Waals surface area contributed by atoms with Gasteiger partial charge >= 0.3 is 6.18 Å². The molecule has 10 heteroatoms. The molecule has 0 spiro atoms. The minimum atomic E-state index is -4.43. The molecule has 0 fully saturated rings. The molecule has 0 aromatic heterocycles. The van der Waals surface area contributed by atoms with Gasteiger partial charge in [-0.15, -0.1) is 0 Å². The lowest BCUT2D eigenvalue weighted by atomic mass is 10.1. The van der Waals surface area contributed by atoms with Crippen LogP contribution in [0.1, 0.15) is 11.1 Å². The summed E-state index contributed by atoms with van der Waals surface area (Å²) in [6.45, 7) is 0.842. The fraction of sp³-hybridized carbons (Fsp3) is 0.364. The Balaban J connectivity index is 1.80. The molecule has 7 nitrogen and oxygen atoms in total. The number of nitrogens with one attached hydrogen (secondary N) is 2. The number of fused-ring (bicyclic) bond motifs is 1. The van der Waals surface area contributed by atoms with Gasteiger partial charge in [0.05, 0.1) is 24.4 Å². The highest BCUT2D eigenvalue weighted by atomic mass is 19.4. The Morgan fingerprint density at radius 3 is 2.56 bits per heavy atom. The Morgan fingerprint density at radius 2 is 1.94 bits per heavy atom. The summed E-state index contributed by atoms with van der Waals surface area (Å²) in [7, 11) is 3.50. The molecule has 1 aliphatic rings. The highest BCUT2D eigenvalue weighted by Crippen LogP contribution is 2.39. The third kappa shape index (κ3) is 5.77. The van der Waals surface area contributed by atoms with E-state index in [-0.39, 0.29) is 24.7 Å². The second-order valence-corrected chi connectivity index (χ2v) is 7.48. The molecule has 1 aliphatic heterocycles. The first kappa shape index (κ1) is 23.6. The van der Waals surface area contributed by atoms with Crippen LogP contribution in [0.5, 0.6) is 17.2 Å². The van der Waals surface area contributed by atoms with Gasteiger partial charge in [0, 0.05) is 24.6 Å². The normalized spacial score (nSPS) is 13.9. The molecule has 1 heterocycles. The van der Waals surface area contributed by atoms with Crippen molar-refractivity contribution in [1.29, 1.82) is 0 Å². The number of carbonyl (C=O) groups excluding carboxylic acids is 2. The zero-order chi connectivity index (χ0) is 23.3. The molecule has 0 aliphatic carbocycles. The van der Waals surface area contributed by atoms with E-state index in [1.54, 1.807) is 31.1 Å². The largest absolute Gasteiger partial charge is 0.491 e. The second kappa shape index (κ2) is 10.0. The maximum Gasteiger partial charge on any atom is 0.416 e. The fourth-order valence-electron chi connectivity index (χ4n) is 3.28. The number of nitrogens with zero attached hydrogens (tertiary/aromatic N) is 1. The first-order chi connectivity index (χ1) is 15.2. The van der Waals surface area contributed by atoms with E-state index in [1.165, 1.54) is 12.1 Å². The first-order valence-electron chi connectivity index (χ1n) is 9.95. The molecular formula is C22H24F3N3O4. The standard InChI is InChI=1S/C22H24F3N3O4/c1-28(2)19(13-26-8-9-29)21(30)27-18-12-17(11-14-7-10-31-20(14)18)32-16-5-3-15(4-6-16)22(23,24)25/h3-6,9,11-12,19,26H,7-8,10,13H2,1-2H3,(H,27,30). The van der Waals surface area contributed by atoms with E-state index in [0.29, 0.717) is 36.5 Å². The van der Waals surface area contributed by atoms with Crippen LogP contribution in [-0.4, -0.2) is 56.9 Å². The molecule has 0 saturated carbocycles. The van der Waals surface area contributed by atoms with Gasteiger partial charge in [-0.1, -0.05) is 0 Å². The van der Waals surface area contributed by atoms with Crippen LogP contribution in [0.2, 0.25) is 0 Å². The average Bonchev–Trinajstić information content (AvgIpc) is 3.19. The van der Waals surface area contributed by atoms with Crippen LogP contribution in [-0.2, 0) is 22.2 Å². The monoisotopic (exact) mass is 451 g/mol. The van der Waals surface area contributed by atoms with Crippen LogP contribution in [0.25, 0.3) is 0 Å². The maximum atomic E-state index is 12.9. The topological polar surface area (TPSA) is 79.9 Å². The van der Waals surface area contributed by atoms with Crippen molar-refractivity contribution in [3.63, 3.8) is 0 Å². The molecule has 3 rings (SSSR count). The molecule has 2 aromatic rings. The number of halogens is 3. The van der Waals surface area contributed by atoms with Crippen LogP contribution in [0, 0.1) is 0 Å². The average molecular weight is 451 g/mol. The molecule has 2 N–H and O–H groups in total. The van der Waals surface area contributed by atoms with Crippen molar-refractivity contribution in [1.82, 2.24) is 10.2 Å². The number of carbonyl (C=O) groups is 2. The number of amides is 1. The SMILES string of the molecule is CN(C)C(CNCC=O)C(=O)Nc1cc(Oc2ccc(C(F)(F)F)cc2)cc2c1OCC2. The van der Waals surface area contributed by atoms with E-state index in [4.69, 9.17) is 9.47 Å². The Hall–Kier alpha value is -3.11. The lowest BCUT2D eigenvalue weighted by molar-refractivity contribution is -0.137. The van der Waals surface area contributed by atoms with Gasteiger partial charge in [0.1, 0.15) is 29.6 Å². The molecule has 2 aromatic carbocycles. The Kier molecular flexibility index (Phi) is 7.37. The van der Waals surface area contributed by atoms with Gasteiger partial charge in [-0.3, -0.25) is 9.69 Å². The molecule has 32 heavy (non-hydrogen) atoms. The number of hydrogen-bond acceptors (Lipinski definition) is 6. The van der Waals surface area contributed by atoms with Crippen LogP contribution >= 0.6 is 0 Å². The van der Waals surface area contributed by atoms with Crippen LogP contribution in [0.3, 0.4) is 0 Å². The van der Waals surface area contributed by atoms with E-state index in [0.717, 1.165) is 17.7 Å². The smallest absolute Gasteiger partial charge is 0.416 e. The van der Waals surface area contributed by atoms with Gasteiger partial charge in [0.2, 0.25) is 5.91 Å². The zero-order valence-electron chi connectivity index (χ0n) is 17.7. The molecule has 0 bridgehead atoms. The number of likely N-dealkylation sites (N-methyl/N-ethyl adjacent to an activating group) is 1. The zero-order valence-corrected chi connectivity index (χ0v) is 17.7. The predicted octanol–water partition coefficient (Wildman–Crippen LogP) is 3.09. The van der Waals surface area contributed by atoms with Gasteiger partial charge in [-0.2, -0.15) is 13.2 Å². The summed E-state index contributed by atoms with van der Waals surface area (Å²) < 4.78 is 49.7. The third-order valence-corrected chi connectivity index (χ3v) is 4.92.